The van der Waals surface area contributed by atoms with E-state index >= 15 is 0 Å². The molecule has 3 heteroatoms. The zero-order valence-electron chi connectivity index (χ0n) is 12.2. The monoisotopic (exact) mass is 262 g/mol. The Bertz CT molecular complexity index is 397. The number of benzene rings is 1. The molecule has 2 rings (SSSR count). The third-order valence-corrected chi connectivity index (χ3v) is 4.09. The molecule has 0 saturated carbocycles. The molecule has 19 heavy (non-hydrogen) atoms. The van der Waals surface area contributed by atoms with Gasteiger partial charge in [0.25, 0.3) is 0 Å². The molecule has 3 nitrogen and oxygen atoms in total. The summed E-state index contributed by atoms with van der Waals surface area (Å²) in [5, 5.41) is 13.4. The maximum absolute atomic E-state index is 10.3. The molecule has 1 aliphatic rings. The van der Waals surface area contributed by atoms with Gasteiger partial charge in [0.05, 0.1) is 5.60 Å². The second-order valence-corrected chi connectivity index (χ2v) is 5.84. The Kier molecular flexibility index (Phi) is 4.97. The Morgan fingerprint density at radius 2 is 2.05 bits per heavy atom. The largest absolute Gasteiger partial charge is 0.388 e. The van der Waals surface area contributed by atoms with Gasteiger partial charge in [0, 0.05) is 26.2 Å². The van der Waals surface area contributed by atoms with Gasteiger partial charge in [0.15, 0.2) is 0 Å². The molecular weight excluding hydrogens is 236 g/mol. The zero-order valence-corrected chi connectivity index (χ0v) is 12.2. The van der Waals surface area contributed by atoms with Crippen molar-refractivity contribution in [1.82, 2.24) is 10.2 Å². The van der Waals surface area contributed by atoms with Gasteiger partial charge < -0.3 is 15.3 Å². The molecule has 1 saturated heterocycles. The van der Waals surface area contributed by atoms with Crippen molar-refractivity contribution in [1.29, 1.82) is 0 Å². The van der Waals surface area contributed by atoms with E-state index in [0.29, 0.717) is 6.54 Å². The van der Waals surface area contributed by atoms with Crippen LogP contribution in [0.5, 0.6) is 0 Å². The van der Waals surface area contributed by atoms with Crippen molar-refractivity contribution in [2.75, 3.05) is 33.2 Å². The lowest BCUT2D eigenvalue weighted by Crippen LogP contribution is -2.49. The van der Waals surface area contributed by atoms with Crippen LogP contribution in [-0.2, 0) is 6.42 Å². The smallest absolute Gasteiger partial charge is 0.0795 e. The molecule has 1 aliphatic heterocycles. The first-order valence-electron chi connectivity index (χ1n) is 7.26. The Morgan fingerprint density at radius 1 is 1.32 bits per heavy atom. The van der Waals surface area contributed by atoms with Crippen molar-refractivity contribution in [2.24, 2.45) is 0 Å². The zero-order chi connectivity index (χ0) is 13.7. The predicted molar refractivity (Wildman–Crippen MR) is 79.4 cm³/mol. The molecule has 1 aromatic carbocycles. The summed E-state index contributed by atoms with van der Waals surface area (Å²) in [6, 6.07) is 8.74. The molecule has 1 aromatic rings. The molecular formula is C16H26N2O. The first-order chi connectivity index (χ1) is 9.11. The number of nitrogens with one attached hydrogen (secondary N) is 1. The van der Waals surface area contributed by atoms with E-state index in [4.69, 9.17) is 0 Å². The SMILES string of the molecule is CNCC1(O)CCN(CCc2cccc(C)c2)CC1. The van der Waals surface area contributed by atoms with Crippen molar-refractivity contribution in [3.63, 3.8) is 0 Å². The summed E-state index contributed by atoms with van der Waals surface area (Å²) in [5.74, 6) is 0. The van der Waals surface area contributed by atoms with E-state index < -0.39 is 5.60 Å². The van der Waals surface area contributed by atoms with Crippen LogP contribution in [-0.4, -0.2) is 48.8 Å². The van der Waals surface area contributed by atoms with Crippen LogP contribution in [0.3, 0.4) is 0 Å². The number of piperidine rings is 1. The van der Waals surface area contributed by atoms with Crippen molar-refractivity contribution < 1.29 is 5.11 Å². The highest BCUT2D eigenvalue weighted by molar-refractivity contribution is 5.22. The number of hydrogen-bond donors (Lipinski definition) is 2. The van der Waals surface area contributed by atoms with E-state index in [1.807, 2.05) is 7.05 Å². The molecule has 0 atom stereocenters. The lowest BCUT2D eigenvalue weighted by molar-refractivity contribution is -0.0182. The van der Waals surface area contributed by atoms with Crippen molar-refractivity contribution in [3.05, 3.63) is 35.4 Å². The van der Waals surface area contributed by atoms with E-state index in [1.54, 1.807) is 0 Å². The number of rotatable bonds is 5. The lowest BCUT2D eigenvalue weighted by atomic mass is 9.91. The minimum absolute atomic E-state index is 0.491. The van der Waals surface area contributed by atoms with E-state index in [0.717, 1.165) is 38.9 Å². The van der Waals surface area contributed by atoms with Crippen LogP contribution in [0, 0.1) is 6.92 Å². The molecule has 0 aliphatic carbocycles. The fourth-order valence-electron chi connectivity index (χ4n) is 2.85. The molecule has 1 fully saturated rings. The average molecular weight is 262 g/mol. The van der Waals surface area contributed by atoms with Gasteiger partial charge in [0.2, 0.25) is 0 Å². The van der Waals surface area contributed by atoms with Crippen molar-refractivity contribution in [3.8, 4) is 0 Å². The second-order valence-electron chi connectivity index (χ2n) is 5.84. The molecule has 2 N–H and O–H groups in total. The van der Waals surface area contributed by atoms with Crippen LogP contribution in [0.25, 0.3) is 0 Å². The Balaban J connectivity index is 1.77. The third kappa shape index (κ3) is 4.30. The van der Waals surface area contributed by atoms with E-state index in [9.17, 15) is 5.11 Å². The predicted octanol–water partition coefficient (Wildman–Crippen LogP) is 1.58. The molecule has 0 amide bonds. The standard InChI is InChI=1S/C16H26N2O/c1-14-4-3-5-15(12-14)6-9-18-10-7-16(19,8-11-18)13-17-2/h3-5,12,17,19H,6-11,13H2,1-2H3. The van der Waals surface area contributed by atoms with Crippen LogP contribution in [0.2, 0.25) is 0 Å². The number of aryl methyl sites for hydroxylation is 1. The van der Waals surface area contributed by atoms with Crippen LogP contribution in [0.15, 0.2) is 24.3 Å². The summed E-state index contributed by atoms with van der Waals surface area (Å²) < 4.78 is 0. The van der Waals surface area contributed by atoms with Gasteiger partial charge in [-0.05, 0) is 38.8 Å². The van der Waals surface area contributed by atoms with Crippen LogP contribution < -0.4 is 5.32 Å². The highest BCUT2D eigenvalue weighted by Gasteiger charge is 2.31. The maximum atomic E-state index is 10.3. The van der Waals surface area contributed by atoms with E-state index in [1.165, 1.54) is 11.1 Å². The Morgan fingerprint density at radius 3 is 2.68 bits per heavy atom. The molecule has 0 radical (unpaired) electrons. The minimum Gasteiger partial charge on any atom is -0.388 e. The van der Waals surface area contributed by atoms with Gasteiger partial charge >= 0.3 is 0 Å². The molecule has 106 valence electrons. The van der Waals surface area contributed by atoms with Crippen molar-refractivity contribution in [2.45, 2.75) is 31.8 Å². The van der Waals surface area contributed by atoms with Crippen LogP contribution in [0.1, 0.15) is 24.0 Å². The number of aliphatic hydroxyl groups is 1. The number of likely N-dealkylation sites (tertiary alicyclic amines) is 1. The van der Waals surface area contributed by atoms with Gasteiger partial charge in [-0.15, -0.1) is 0 Å². The van der Waals surface area contributed by atoms with Gasteiger partial charge in [-0.3, -0.25) is 0 Å². The average Bonchev–Trinajstić information content (AvgIpc) is 2.38. The van der Waals surface area contributed by atoms with Crippen LogP contribution in [0.4, 0.5) is 0 Å². The molecule has 0 bridgehead atoms. The summed E-state index contributed by atoms with van der Waals surface area (Å²) >= 11 is 0. The highest BCUT2D eigenvalue weighted by Crippen LogP contribution is 2.21. The van der Waals surface area contributed by atoms with Gasteiger partial charge in [0.1, 0.15) is 0 Å². The second kappa shape index (κ2) is 6.51. The number of likely N-dealkylation sites (N-methyl/N-ethyl adjacent to an activating group) is 1. The van der Waals surface area contributed by atoms with Gasteiger partial charge in [-0.25, -0.2) is 0 Å². The van der Waals surface area contributed by atoms with Gasteiger partial charge in [-0.2, -0.15) is 0 Å². The fraction of sp³-hybridized carbons (Fsp3) is 0.625. The Hall–Kier alpha value is -0.900. The number of hydrogen-bond acceptors (Lipinski definition) is 3. The molecule has 1 heterocycles. The summed E-state index contributed by atoms with van der Waals surface area (Å²) in [7, 11) is 1.90. The third-order valence-electron chi connectivity index (χ3n) is 4.09. The Labute approximate surface area is 116 Å². The summed E-state index contributed by atoms with van der Waals surface area (Å²) in [5.41, 5.74) is 2.25. The summed E-state index contributed by atoms with van der Waals surface area (Å²) in [6.45, 7) is 5.95. The molecule has 0 spiro atoms. The lowest BCUT2D eigenvalue weighted by Gasteiger charge is -2.38. The van der Waals surface area contributed by atoms with Gasteiger partial charge in [-0.1, -0.05) is 29.8 Å². The topological polar surface area (TPSA) is 35.5 Å². The van der Waals surface area contributed by atoms with Crippen LogP contribution >= 0.6 is 0 Å². The number of nitrogens with zero attached hydrogens (tertiary/aromatic N) is 1. The molecule has 0 aromatic heterocycles. The maximum Gasteiger partial charge on any atom is 0.0795 e. The highest BCUT2D eigenvalue weighted by atomic mass is 16.3. The summed E-state index contributed by atoms with van der Waals surface area (Å²) in [6.07, 6.45) is 2.86. The van der Waals surface area contributed by atoms with Crippen molar-refractivity contribution >= 4 is 0 Å². The quantitative estimate of drug-likeness (QED) is 0.846. The van der Waals surface area contributed by atoms with E-state index in [-0.39, 0.29) is 0 Å². The first-order valence-corrected chi connectivity index (χ1v) is 7.26. The molecule has 0 unspecified atom stereocenters. The fourth-order valence-corrected chi connectivity index (χ4v) is 2.85. The first kappa shape index (κ1) is 14.5. The summed E-state index contributed by atoms with van der Waals surface area (Å²) in [4.78, 5) is 2.46. The normalized spacial score (nSPS) is 19.5. The minimum atomic E-state index is -0.491. The van der Waals surface area contributed by atoms with E-state index in [2.05, 4.69) is 41.4 Å².